The Morgan fingerprint density at radius 3 is 2.53 bits per heavy atom. The zero-order valence-electron chi connectivity index (χ0n) is 10.3. The van der Waals surface area contributed by atoms with Crippen molar-refractivity contribution in [3.8, 4) is 0 Å². The van der Waals surface area contributed by atoms with Crippen molar-refractivity contribution in [1.82, 2.24) is 0 Å². The van der Waals surface area contributed by atoms with Gasteiger partial charge in [-0.2, -0.15) is 13.2 Å². The van der Waals surface area contributed by atoms with Crippen LogP contribution < -0.4 is 5.32 Å². The zero-order chi connectivity index (χ0) is 14.7. The molecule has 1 aromatic rings. The van der Waals surface area contributed by atoms with Crippen molar-refractivity contribution < 1.29 is 22.7 Å². The summed E-state index contributed by atoms with van der Waals surface area (Å²) in [6, 6.07) is 6.12. The molecule has 0 heterocycles. The Balaban J connectivity index is 3.09. The van der Waals surface area contributed by atoms with Crippen molar-refractivity contribution in [2.75, 3.05) is 11.9 Å². The molecule has 106 valence electrons. The molecule has 1 N–H and O–H groups in total. The van der Waals surface area contributed by atoms with E-state index in [-0.39, 0.29) is 12.3 Å². The molecule has 0 bridgehead atoms. The van der Waals surface area contributed by atoms with Crippen molar-refractivity contribution in [3.63, 3.8) is 0 Å². The Morgan fingerprint density at radius 1 is 1.42 bits per heavy atom. The summed E-state index contributed by atoms with van der Waals surface area (Å²) in [6.07, 6.45) is -4.78. The van der Waals surface area contributed by atoms with E-state index in [4.69, 9.17) is 0 Å². The molecule has 1 aromatic carbocycles. The van der Waals surface area contributed by atoms with Gasteiger partial charge in [-0.3, -0.25) is 0 Å². The molecule has 1 atom stereocenters. The topological polar surface area (TPSA) is 38.3 Å². The molecule has 0 aromatic heterocycles. The number of benzene rings is 1. The Hall–Kier alpha value is -1.24. The Labute approximate surface area is 117 Å². The van der Waals surface area contributed by atoms with Gasteiger partial charge in [0, 0.05) is 10.2 Å². The number of alkyl halides is 3. The first-order valence-electron chi connectivity index (χ1n) is 5.48. The van der Waals surface area contributed by atoms with Crippen LogP contribution in [0.15, 0.2) is 28.7 Å². The molecular weight excluding hydrogens is 327 g/mol. The minimum atomic E-state index is -4.78. The van der Waals surface area contributed by atoms with Crippen molar-refractivity contribution in [2.24, 2.45) is 0 Å². The van der Waals surface area contributed by atoms with Gasteiger partial charge in [-0.25, -0.2) is 4.79 Å². The third kappa shape index (κ3) is 3.62. The highest BCUT2D eigenvalue weighted by atomic mass is 79.9. The number of carbonyl (C=O) groups excluding carboxylic acids is 1. The largest absolute Gasteiger partial charge is 0.464 e. The zero-order valence-corrected chi connectivity index (χ0v) is 11.9. The van der Waals surface area contributed by atoms with E-state index in [9.17, 15) is 18.0 Å². The molecule has 19 heavy (non-hydrogen) atoms. The number of hydrogen-bond acceptors (Lipinski definition) is 3. The van der Waals surface area contributed by atoms with Gasteiger partial charge in [-0.15, -0.1) is 0 Å². The van der Waals surface area contributed by atoms with Gasteiger partial charge < -0.3 is 10.1 Å². The first-order valence-corrected chi connectivity index (χ1v) is 6.27. The van der Waals surface area contributed by atoms with Crippen LogP contribution in [0.3, 0.4) is 0 Å². The maximum Gasteiger partial charge on any atom is 0.422 e. The fraction of sp³-hybridized carbons (Fsp3) is 0.417. The summed E-state index contributed by atoms with van der Waals surface area (Å²) in [6.45, 7) is 2.09. The van der Waals surface area contributed by atoms with E-state index in [1.54, 1.807) is 12.1 Å². The highest BCUT2D eigenvalue weighted by molar-refractivity contribution is 9.10. The van der Waals surface area contributed by atoms with Crippen LogP contribution in [0.2, 0.25) is 0 Å². The second-order valence-electron chi connectivity index (χ2n) is 3.98. The summed E-state index contributed by atoms with van der Waals surface area (Å²) in [5.41, 5.74) is -2.62. The lowest BCUT2D eigenvalue weighted by atomic mass is 10.0. The van der Waals surface area contributed by atoms with Gasteiger partial charge in [0.15, 0.2) is 0 Å². The summed E-state index contributed by atoms with van der Waals surface area (Å²) in [5, 5.41) is 2.19. The summed E-state index contributed by atoms with van der Waals surface area (Å²) in [7, 11) is 0. The van der Waals surface area contributed by atoms with Gasteiger partial charge in [-0.05, 0) is 32.0 Å². The van der Waals surface area contributed by atoms with E-state index in [0.29, 0.717) is 4.47 Å². The summed E-state index contributed by atoms with van der Waals surface area (Å²) < 4.78 is 44.4. The van der Waals surface area contributed by atoms with E-state index >= 15 is 0 Å². The van der Waals surface area contributed by atoms with Crippen LogP contribution in [-0.4, -0.2) is 24.3 Å². The van der Waals surface area contributed by atoms with E-state index in [1.165, 1.54) is 19.1 Å². The van der Waals surface area contributed by atoms with E-state index in [0.717, 1.165) is 6.92 Å². The number of rotatable bonds is 4. The summed E-state index contributed by atoms with van der Waals surface area (Å²) in [4.78, 5) is 11.6. The van der Waals surface area contributed by atoms with Gasteiger partial charge in [0.25, 0.3) is 0 Å². The molecule has 0 radical (unpaired) electrons. The van der Waals surface area contributed by atoms with Crippen LogP contribution in [0.25, 0.3) is 0 Å². The second-order valence-corrected chi connectivity index (χ2v) is 4.89. The number of hydrogen-bond donors (Lipinski definition) is 1. The summed E-state index contributed by atoms with van der Waals surface area (Å²) in [5.74, 6) is -1.36. The van der Waals surface area contributed by atoms with Crippen LogP contribution in [0.5, 0.6) is 0 Å². The quantitative estimate of drug-likeness (QED) is 0.849. The number of esters is 1. The molecule has 3 nitrogen and oxygen atoms in total. The Kier molecular flexibility index (Phi) is 4.84. The lowest BCUT2D eigenvalue weighted by molar-refractivity contribution is -0.196. The standard InChI is InChI=1S/C12H13BrF3NO2/c1-3-19-10(18)11(2,12(14,15)16)17-9-6-4-5-8(13)7-9/h4-7,17H,3H2,1-2H3. The van der Waals surface area contributed by atoms with Crippen molar-refractivity contribution in [1.29, 1.82) is 0 Å². The molecule has 0 aliphatic heterocycles. The molecule has 1 rings (SSSR count). The maximum atomic E-state index is 13.1. The van der Waals surface area contributed by atoms with Crippen molar-refractivity contribution >= 4 is 27.6 Å². The number of ether oxygens (including phenoxy) is 1. The first kappa shape index (κ1) is 15.8. The molecule has 0 aliphatic carbocycles. The second kappa shape index (κ2) is 5.81. The molecule has 0 fully saturated rings. The maximum absolute atomic E-state index is 13.1. The van der Waals surface area contributed by atoms with Gasteiger partial charge in [-0.1, -0.05) is 22.0 Å². The molecule has 0 aliphatic rings. The average Bonchev–Trinajstić information content (AvgIpc) is 2.27. The summed E-state index contributed by atoms with van der Waals surface area (Å²) >= 11 is 3.15. The number of nitrogens with one attached hydrogen (secondary N) is 1. The average molecular weight is 340 g/mol. The molecule has 0 amide bonds. The number of anilines is 1. The predicted octanol–water partition coefficient (Wildman–Crippen LogP) is 3.75. The number of halogens is 4. The van der Waals surface area contributed by atoms with Gasteiger partial charge in [0.2, 0.25) is 5.54 Å². The van der Waals surface area contributed by atoms with Gasteiger partial charge >= 0.3 is 12.1 Å². The molecule has 0 spiro atoms. The van der Waals surface area contributed by atoms with Gasteiger partial charge in [0.05, 0.1) is 6.61 Å². The smallest absolute Gasteiger partial charge is 0.422 e. The SMILES string of the molecule is CCOC(=O)C(C)(Nc1cccc(Br)c1)C(F)(F)F. The Morgan fingerprint density at radius 2 is 2.05 bits per heavy atom. The minimum Gasteiger partial charge on any atom is -0.464 e. The van der Waals surface area contributed by atoms with Crippen molar-refractivity contribution in [3.05, 3.63) is 28.7 Å². The third-order valence-electron chi connectivity index (χ3n) is 2.47. The van der Waals surface area contributed by atoms with E-state index < -0.39 is 17.7 Å². The molecule has 7 heteroatoms. The molecular formula is C12H13BrF3NO2. The highest BCUT2D eigenvalue weighted by Crippen LogP contribution is 2.35. The lowest BCUT2D eigenvalue weighted by Gasteiger charge is -2.31. The van der Waals surface area contributed by atoms with Crippen LogP contribution in [0, 0.1) is 0 Å². The predicted molar refractivity (Wildman–Crippen MR) is 68.9 cm³/mol. The van der Waals surface area contributed by atoms with E-state index in [1.807, 2.05) is 0 Å². The molecule has 0 saturated heterocycles. The molecule has 0 saturated carbocycles. The lowest BCUT2D eigenvalue weighted by Crippen LogP contribution is -2.56. The van der Waals surface area contributed by atoms with Crippen LogP contribution in [0.1, 0.15) is 13.8 Å². The first-order chi connectivity index (χ1) is 8.70. The highest BCUT2D eigenvalue weighted by Gasteiger charge is 2.58. The number of carbonyl (C=O) groups is 1. The van der Waals surface area contributed by atoms with Gasteiger partial charge in [0.1, 0.15) is 0 Å². The normalized spacial score (nSPS) is 14.6. The third-order valence-corrected chi connectivity index (χ3v) is 2.96. The van der Waals surface area contributed by atoms with E-state index in [2.05, 4.69) is 26.0 Å². The van der Waals surface area contributed by atoms with Crippen LogP contribution >= 0.6 is 15.9 Å². The van der Waals surface area contributed by atoms with Crippen molar-refractivity contribution in [2.45, 2.75) is 25.6 Å². The molecule has 1 unspecified atom stereocenters. The monoisotopic (exact) mass is 339 g/mol. The minimum absolute atomic E-state index is 0.120. The van der Waals surface area contributed by atoms with Crippen LogP contribution in [-0.2, 0) is 9.53 Å². The van der Waals surface area contributed by atoms with Crippen LogP contribution in [0.4, 0.5) is 18.9 Å². The fourth-order valence-corrected chi connectivity index (χ4v) is 1.77. The Bertz CT molecular complexity index is 465. The fourth-order valence-electron chi connectivity index (χ4n) is 1.37.